The first-order valence-corrected chi connectivity index (χ1v) is 11.9. The average Bonchev–Trinajstić information content (AvgIpc) is 2.67. The van der Waals surface area contributed by atoms with Gasteiger partial charge in [0, 0.05) is 13.1 Å². The van der Waals surface area contributed by atoms with Crippen LogP contribution in [-0.2, 0) is 12.8 Å². The molecule has 0 unspecified atom stereocenters. The lowest BCUT2D eigenvalue weighted by Crippen LogP contribution is -2.22. The van der Waals surface area contributed by atoms with Crippen molar-refractivity contribution in [3.05, 3.63) is 71.3 Å². The smallest absolute Gasteiger partial charge is 0.144 e. The van der Waals surface area contributed by atoms with Crippen LogP contribution in [0.2, 0.25) is 0 Å². The fraction of sp³-hybridized carbons (Fsp3) is 0.300. The van der Waals surface area contributed by atoms with Crippen molar-refractivity contribution in [1.82, 2.24) is 10.6 Å². The lowest BCUT2D eigenvalue weighted by molar-refractivity contribution is 0.624. The first-order valence-electron chi connectivity index (χ1n) is 8.92. The summed E-state index contributed by atoms with van der Waals surface area (Å²) in [6.07, 6.45) is 3.35. The molecule has 8 heteroatoms. The molecule has 0 spiro atoms. The van der Waals surface area contributed by atoms with E-state index in [1.165, 1.54) is 33.7 Å². The predicted octanol–water partition coefficient (Wildman–Crippen LogP) is 5.66. The second-order valence-corrected chi connectivity index (χ2v) is 9.55. The number of rotatable bonds is 8. The van der Waals surface area contributed by atoms with Crippen LogP contribution in [0.25, 0.3) is 0 Å². The van der Waals surface area contributed by atoms with Gasteiger partial charge in [0.15, 0.2) is 0 Å². The Morgan fingerprint density at radius 1 is 0.750 bits per heavy atom. The second-order valence-electron chi connectivity index (χ2n) is 6.06. The Labute approximate surface area is 183 Å². The summed E-state index contributed by atoms with van der Waals surface area (Å²) in [6.45, 7) is 1.47. The third-order valence-corrected chi connectivity index (χ3v) is 7.14. The minimum absolute atomic E-state index is 0.204. The van der Waals surface area contributed by atoms with Crippen LogP contribution >= 0.6 is 46.0 Å². The maximum Gasteiger partial charge on any atom is 0.144 e. The second kappa shape index (κ2) is 13.1. The number of hydrogen-bond donors (Lipinski definition) is 2. The summed E-state index contributed by atoms with van der Waals surface area (Å²) in [5.41, 5.74) is 1.97. The summed E-state index contributed by atoms with van der Waals surface area (Å²) in [5.74, 6) is -0.408. The zero-order valence-electron chi connectivity index (χ0n) is 15.3. The Balaban J connectivity index is 1.50. The van der Waals surface area contributed by atoms with E-state index in [2.05, 4.69) is 10.6 Å². The molecule has 28 heavy (non-hydrogen) atoms. The number of benzene rings is 2. The maximum atomic E-state index is 13.1. The summed E-state index contributed by atoms with van der Waals surface area (Å²) < 4.78 is 27.6. The summed E-state index contributed by atoms with van der Waals surface area (Å²) in [5, 5.41) is 6.35. The van der Waals surface area contributed by atoms with E-state index in [4.69, 9.17) is 24.4 Å². The van der Waals surface area contributed by atoms with Crippen LogP contribution in [-0.4, -0.2) is 21.7 Å². The van der Waals surface area contributed by atoms with Crippen LogP contribution in [0.5, 0.6) is 0 Å². The number of halogens is 2. The van der Waals surface area contributed by atoms with E-state index >= 15 is 0 Å². The van der Waals surface area contributed by atoms with Gasteiger partial charge < -0.3 is 10.6 Å². The number of nitrogens with one attached hydrogen (secondary N) is 2. The molecule has 0 aliphatic carbocycles. The Hall–Kier alpha value is -1.22. The van der Waals surface area contributed by atoms with Gasteiger partial charge in [-0.2, -0.15) is 0 Å². The Bertz CT molecular complexity index is 721. The van der Waals surface area contributed by atoms with Gasteiger partial charge >= 0.3 is 0 Å². The molecule has 0 saturated carbocycles. The average molecular weight is 457 g/mol. The van der Waals surface area contributed by atoms with Crippen molar-refractivity contribution in [2.45, 2.75) is 25.7 Å². The van der Waals surface area contributed by atoms with Gasteiger partial charge in [-0.3, -0.25) is 0 Å². The van der Waals surface area contributed by atoms with Gasteiger partial charge in [0.05, 0.1) is 0 Å². The van der Waals surface area contributed by atoms with Crippen LogP contribution in [0, 0.1) is 11.6 Å². The lowest BCUT2D eigenvalue weighted by atomic mass is 10.1. The summed E-state index contributed by atoms with van der Waals surface area (Å²) >= 11 is 10.6. The van der Waals surface area contributed by atoms with E-state index in [1.807, 2.05) is 12.1 Å². The van der Waals surface area contributed by atoms with Gasteiger partial charge in [-0.15, -0.1) is 0 Å². The minimum atomic E-state index is -0.204. The highest BCUT2D eigenvalue weighted by molar-refractivity contribution is 8.89. The fourth-order valence-corrected chi connectivity index (χ4v) is 4.58. The number of hydrogen-bond acceptors (Lipinski definition) is 4. The van der Waals surface area contributed by atoms with Crippen molar-refractivity contribution >= 4 is 54.7 Å². The maximum absolute atomic E-state index is 13.1. The van der Waals surface area contributed by atoms with E-state index in [-0.39, 0.29) is 11.6 Å². The van der Waals surface area contributed by atoms with Gasteiger partial charge in [0.1, 0.15) is 20.3 Å². The molecule has 0 fully saturated rings. The normalized spacial score (nSPS) is 10.5. The number of thiocarbonyl (C=S) groups is 2. The molecule has 2 aromatic carbocycles. The molecule has 2 nitrogen and oxygen atoms in total. The molecule has 0 aliphatic rings. The summed E-state index contributed by atoms with van der Waals surface area (Å²) in [6, 6.07) is 13.3. The van der Waals surface area contributed by atoms with Gasteiger partial charge in [-0.25, -0.2) is 8.78 Å². The van der Waals surface area contributed by atoms with Crippen molar-refractivity contribution < 1.29 is 8.78 Å². The van der Waals surface area contributed by atoms with Crippen molar-refractivity contribution in [1.29, 1.82) is 0 Å². The van der Waals surface area contributed by atoms with Crippen LogP contribution in [0.1, 0.15) is 24.0 Å². The van der Waals surface area contributed by atoms with Crippen molar-refractivity contribution in [2.24, 2.45) is 0 Å². The lowest BCUT2D eigenvalue weighted by Gasteiger charge is -2.09. The minimum Gasteiger partial charge on any atom is -0.370 e. The van der Waals surface area contributed by atoms with Crippen molar-refractivity contribution in [2.75, 3.05) is 13.1 Å². The van der Waals surface area contributed by atoms with E-state index in [9.17, 15) is 8.78 Å². The Morgan fingerprint density at radius 3 is 1.57 bits per heavy atom. The first-order chi connectivity index (χ1) is 13.5. The van der Waals surface area contributed by atoms with Crippen molar-refractivity contribution in [3.63, 3.8) is 0 Å². The molecule has 2 aromatic rings. The van der Waals surface area contributed by atoms with E-state index in [0.29, 0.717) is 8.64 Å². The van der Waals surface area contributed by atoms with Crippen molar-refractivity contribution in [3.8, 4) is 0 Å². The SMILES string of the molecule is Fc1cccc(CCCNC(=S)SSC(=S)NCCCc2cccc(F)c2)c1. The fourth-order valence-electron chi connectivity index (χ4n) is 2.49. The Morgan fingerprint density at radius 2 is 1.18 bits per heavy atom. The third kappa shape index (κ3) is 9.82. The molecule has 0 saturated heterocycles. The standard InChI is InChI=1S/C20H22F2N2S4/c21-17-9-1-5-15(13-17)7-3-11-23-19(25)27-28-20(26)24-12-4-8-16-6-2-10-18(22)14-16/h1-2,5-6,9-10,13-14H,3-4,7-8,11-12H2,(H,23,25)(H,24,26). The largest absolute Gasteiger partial charge is 0.370 e. The molecule has 150 valence electrons. The van der Waals surface area contributed by atoms with Gasteiger partial charge in [0.25, 0.3) is 0 Å². The van der Waals surface area contributed by atoms with Gasteiger partial charge in [-0.05, 0) is 82.7 Å². The highest BCUT2D eigenvalue weighted by Crippen LogP contribution is 2.23. The molecule has 0 heterocycles. The summed E-state index contributed by atoms with van der Waals surface area (Å²) in [7, 11) is 2.83. The van der Waals surface area contributed by atoms with E-state index < -0.39 is 0 Å². The van der Waals surface area contributed by atoms with E-state index in [1.54, 1.807) is 24.3 Å². The van der Waals surface area contributed by atoms with Crippen LogP contribution in [0.3, 0.4) is 0 Å². The van der Waals surface area contributed by atoms with Crippen LogP contribution in [0.4, 0.5) is 8.78 Å². The predicted molar refractivity (Wildman–Crippen MR) is 126 cm³/mol. The molecular formula is C20H22F2N2S4. The third-order valence-electron chi connectivity index (χ3n) is 3.79. The van der Waals surface area contributed by atoms with E-state index in [0.717, 1.165) is 49.9 Å². The molecule has 2 rings (SSSR count). The number of aryl methyl sites for hydroxylation is 2. The topological polar surface area (TPSA) is 24.1 Å². The Kier molecular flexibility index (Phi) is 10.8. The molecule has 0 aromatic heterocycles. The molecule has 2 N–H and O–H groups in total. The zero-order chi connectivity index (χ0) is 20.2. The van der Waals surface area contributed by atoms with Crippen LogP contribution < -0.4 is 10.6 Å². The molecule has 0 bridgehead atoms. The molecular weight excluding hydrogens is 434 g/mol. The first kappa shape index (κ1) is 23.1. The summed E-state index contributed by atoms with van der Waals surface area (Å²) in [4.78, 5) is 0. The van der Waals surface area contributed by atoms with Gasteiger partial charge in [-0.1, -0.05) is 48.7 Å². The highest BCUT2D eigenvalue weighted by Gasteiger charge is 2.03. The molecule has 0 aliphatic heterocycles. The zero-order valence-corrected chi connectivity index (χ0v) is 18.5. The van der Waals surface area contributed by atoms with Gasteiger partial charge in [0.2, 0.25) is 0 Å². The quantitative estimate of drug-likeness (QED) is 0.302. The van der Waals surface area contributed by atoms with Crippen LogP contribution in [0.15, 0.2) is 48.5 Å². The molecule has 0 atom stereocenters. The monoisotopic (exact) mass is 456 g/mol. The molecule has 0 amide bonds. The highest BCUT2D eigenvalue weighted by atomic mass is 33.1. The molecule has 0 radical (unpaired) electrons.